The first-order valence-electron chi connectivity index (χ1n) is 9.60. The van der Waals surface area contributed by atoms with Crippen LogP contribution in [0.2, 0.25) is 0 Å². The first kappa shape index (κ1) is 27.0. The van der Waals surface area contributed by atoms with Gasteiger partial charge in [0.15, 0.2) is 0 Å². The summed E-state index contributed by atoms with van der Waals surface area (Å²) in [4.78, 5) is 10.5. The Hall–Kier alpha value is 0.800. The van der Waals surface area contributed by atoms with Crippen molar-refractivity contribution in [1.29, 1.82) is 0 Å². The molecule has 6 heteroatoms. The van der Waals surface area contributed by atoms with E-state index in [2.05, 4.69) is 6.92 Å². The van der Waals surface area contributed by atoms with Gasteiger partial charge in [0.05, 0.1) is 33.0 Å². The van der Waals surface area contributed by atoms with Crippen LogP contribution in [0.3, 0.4) is 0 Å². The molecule has 0 aliphatic heterocycles. The van der Waals surface area contributed by atoms with Gasteiger partial charge in [-0.05, 0) is 6.42 Å². The molecule has 0 heterocycles. The van der Waals surface area contributed by atoms with Crippen molar-refractivity contribution < 1.29 is 50.9 Å². The van der Waals surface area contributed by atoms with E-state index in [1.54, 1.807) is 0 Å². The molecule has 0 saturated heterocycles. The van der Waals surface area contributed by atoms with Crippen LogP contribution in [-0.4, -0.2) is 48.4 Å². The van der Waals surface area contributed by atoms with Crippen LogP contribution in [0.25, 0.3) is 0 Å². The van der Waals surface area contributed by atoms with Gasteiger partial charge >= 0.3 is 29.6 Å². The molecule has 0 spiro atoms. The molecule has 0 aromatic heterocycles. The largest absolute Gasteiger partial charge is 1.00 e. The standard InChI is InChI=1S/C18H39NO4.Na.H/c1-2-3-4-5-6-7-8-9-10-11-12-13-14-19(22-17-15-20)23-18-16-21;;/h20-21H,2-18H2,1H3;;/q;+1;-1. The van der Waals surface area contributed by atoms with Crippen LogP contribution in [0.4, 0.5) is 0 Å². The molecule has 0 aliphatic carbocycles. The number of hydroxylamine groups is 2. The van der Waals surface area contributed by atoms with E-state index in [0.717, 1.165) is 12.8 Å². The molecule has 0 radical (unpaired) electrons. The van der Waals surface area contributed by atoms with E-state index in [-0.39, 0.29) is 57.4 Å². The van der Waals surface area contributed by atoms with E-state index >= 15 is 0 Å². The second kappa shape index (κ2) is 23.8. The van der Waals surface area contributed by atoms with Crippen molar-refractivity contribution in [3.8, 4) is 0 Å². The molecule has 5 nitrogen and oxygen atoms in total. The van der Waals surface area contributed by atoms with Crippen LogP contribution in [0.5, 0.6) is 0 Å². The topological polar surface area (TPSA) is 62.2 Å². The SMILES string of the molecule is CCCCCCCCCCCCCCN(OCCO)OCCO.[H-].[Na+]. The normalized spacial score (nSPS) is 11.0. The summed E-state index contributed by atoms with van der Waals surface area (Å²) in [5.41, 5.74) is 0. The number of nitrogens with zero attached hydrogens (tertiary/aromatic N) is 1. The molecule has 0 rings (SSSR count). The third kappa shape index (κ3) is 20.8. The van der Waals surface area contributed by atoms with Crippen LogP contribution in [0.1, 0.15) is 85.4 Å². The number of unbranched alkanes of at least 4 members (excludes halogenated alkanes) is 11. The van der Waals surface area contributed by atoms with Crippen molar-refractivity contribution in [3.63, 3.8) is 0 Å². The van der Waals surface area contributed by atoms with Crippen LogP contribution in [0.15, 0.2) is 0 Å². The number of hydrogen-bond acceptors (Lipinski definition) is 5. The van der Waals surface area contributed by atoms with Crippen molar-refractivity contribution in [2.24, 2.45) is 0 Å². The van der Waals surface area contributed by atoms with Crippen molar-refractivity contribution in [3.05, 3.63) is 0 Å². The second-order valence-electron chi connectivity index (χ2n) is 6.06. The van der Waals surface area contributed by atoms with Gasteiger partial charge in [-0.25, -0.2) is 0 Å². The summed E-state index contributed by atoms with van der Waals surface area (Å²) in [5, 5.41) is 18.9. The minimum absolute atomic E-state index is 0. The van der Waals surface area contributed by atoms with Gasteiger partial charge in [-0.1, -0.05) is 82.8 Å². The Bertz CT molecular complexity index is 221. The minimum atomic E-state index is -0.0303. The smallest absolute Gasteiger partial charge is 1.00 e. The number of aliphatic hydroxyl groups excluding tert-OH is 2. The Morgan fingerprint density at radius 3 is 1.42 bits per heavy atom. The predicted molar refractivity (Wildman–Crippen MR) is 95.0 cm³/mol. The molecule has 0 aromatic rings. The summed E-state index contributed by atoms with van der Waals surface area (Å²) < 4.78 is 0. The first-order valence-corrected chi connectivity index (χ1v) is 9.60. The molecule has 0 aromatic carbocycles. The molecule has 0 saturated carbocycles. The maximum absolute atomic E-state index is 8.76. The molecule has 0 bridgehead atoms. The first-order chi connectivity index (χ1) is 11.3. The van der Waals surface area contributed by atoms with Gasteiger partial charge in [-0.3, -0.25) is 9.68 Å². The van der Waals surface area contributed by atoms with Gasteiger partial charge in [0.2, 0.25) is 0 Å². The number of aliphatic hydroxyl groups is 2. The van der Waals surface area contributed by atoms with Crippen molar-refractivity contribution >= 4 is 0 Å². The quantitative estimate of drug-likeness (QED) is 0.205. The molecular formula is C18H40NNaO4. The van der Waals surface area contributed by atoms with Crippen molar-refractivity contribution in [2.75, 3.05) is 33.0 Å². The number of rotatable bonds is 19. The molecule has 2 N–H and O–H groups in total. The van der Waals surface area contributed by atoms with Crippen LogP contribution in [-0.2, 0) is 9.68 Å². The molecule has 0 fully saturated rings. The molecule has 0 unspecified atom stereocenters. The summed E-state index contributed by atoms with van der Waals surface area (Å²) in [6.45, 7) is 3.33. The Kier molecular flexibility index (Phi) is 26.8. The Morgan fingerprint density at radius 1 is 0.667 bits per heavy atom. The Labute approximate surface area is 172 Å². The Morgan fingerprint density at radius 2 is 1.04 bits per heavy atom. The zero-order valence-electron chi connectivity index (χ0n) is 17.2. The summed E-state index contributed by atoms with van der Waals surface area (Å²) in [5.74, 6) is 0. The van der Waals surface area contributed by atoms with E-state index in [1.807, 2.05) is 0 Å². The summed E-state index contributed by atoms with van der Waals surface area (Å²) in [7, 11) is 0. The fraction of sp³-hybridized carbons (Fsp3) is 1.00. The fourth-order valence-corrected chi connectivity index (χ4v) is 2.53. The zero-order valence-corrected chi connectivity index (χ0v) is 18.2. The molecule has 142 valence electrons. The van der Waals surface area contributed by atoms with E-state index in [4.69, 9.17) is 19.9 Å². The van der Waals surface area contributed by atoms with E-state index in [9.17, 15) is 0 Å². The second-order valence-corrected chi connectivity index (χ2v) is 6.06. The average Bonchev–Trinajstić information content (AvgIpc) is 2.57. The Balaban J connectivity index is -0.00000242. The molecular weight excluding hydrogens is 317 g/mol. The third-order valence-electron chi connectivity index (χ3n) is 3.85. The van der Waals surface area contributed by atoms with Gasteiger partial charge < -0.3 is 11.6 Å². The molecule has 24 heavy (non-hydrogen) atoms. The van der Waals surface area contributed by atoms with Crippen molar-refractivity contribution in [1.82, 2.24) is 5.23 Å². The molecule has 0 aliphatic rings. The molecule has 0 amide bonds. The maximum Gasteiger partial charge on any atom is 1.00 e. The fourth-order valence-electron chi connectivity index (χ4n) is 2.53. The van der Waals surface area contributed by atoms with Gasteiger partial charge in [-0.15, -0.1) is 0 Å². The third-order valence-corrected chi connectivity index (χ3v) is 3.85. The number of hydrogen-bond donors (Lipinski definition) is 2. The van der Waals surface area contributed by atoms with Gasteiger partial charge in [-0.2, -0.15) is 0 Å². The van der Waals surface area contributed by atoms with Gasteiger partial charge in [0.1, 0.15) is 0 Å². The minimum Gasteiger partial charge on any atom is -1.00 e. The van der Waals surface area contributed by atoms with Crippen LogP contribution < -0.4 is 29.6 Å². The van der Waals surface area contributed by atoms with E-state index in [1.165, 1.54) is 69.4 Å². The van der Waals surface area contributed by atoms with E-state index < -0.39 is 0 Å². The van der Waals surface area contributed by atoms with E-state index in [0.29, 0.717) is 6.54 Å². The molecule has 0 atom stereocenters. The monoisotopic (exact) mass is 357 g/mol. The van der Waals surface area contributed by atoms with Gasteiger partial charge in [0, 0.05) is 0 Å². The van der Waals surface area contributed by atoms with Gasteiger partial charge in [0.25, 0.3) is 0 Å². The van der Waals surface area contributed by atoms with Crippen molar-refractivity contribution in [2.45, 2.75) is 84.0 Å². The summed E-state index contributed by atoms with van der Waals surface area (Å²) >= 11 is 0. The summed E-state index contributed by atoms with van der Waals surface area (Å²) in [6.07, 6.45) is 15.8. The predicted octanol–water partition coefficient (Wildman–Crippen LogP) is 0.954. The van der Waals surface area contributed by atoms with Crippen LogP contribution >= 0.6 is 0 Å². The summed E-state index contributed by atoms with van der Waals surface area (Å²) in [6, 6.07) is 0. The zero-order chi connectivity index (χ0) is 17.0. The van der Waals surface area contributed by atoms with Crippen LogP contribution in [0, 0.1) is 0 Å². The average molecular weight is 358 g/mol. The maximum atomic E-state index is 8.76.